The summed E-state index contributed by atoms with van der Waals surface area (Å²) in [5, 5.41) is 21.7. The third kappa shape index (κ3) is 5.38. The molecule has 0 radical (unpaired) electrons. The van der Waals surface area contributed by atoms with E-state index in [-0.39, 0.29) is 29.8 Å². The van der Waals surface area contributed by atoms with Crippen LogP contribution in [0.25, 0.3) is 22.5 Å². The second-order valence-electron chi connectivity index (χ2n) is 9.57. The van der Waals surface area contributed by atoms with Crippen molar-refractivity contribution in [3.05, 3.63) is 29.3 Å². The summed E-state index contributed by atoms with van der Waals surface area (Å²) in [7, 11) is 0. The van der Waals surface area contributed by atoms with E-state index < -0.39 is 18.2 Å². The van der Waals surface area contributed by atoms with Gasteiger partial charge < -0.3 is 19.6 Å². The number of alkyl halides is 3. The fourth-order valence-corrected chi connectivity index (χ4v) is 4.04. The van der Waals surface area contributed by atoms with E-state index in [1.165, 1.54) is 0 Å². The minimum atomic E-state index is -4.42. The number of rotatable bonds is 5. The summed E-state index contributed by atoms with van der Waals surface area (Å²) in [6.45, 7) is 6.38. The molecule has 0 aliphatic heterocycles. The molecule has 2 unspecified atom stereocenters. The standard InChI is InChI=1S/C23H27F3N4O3/c1-12-7-18(20-29-30-21(33-20)27-13-5-6-14(31)8-13)28-19-16(12)9-15(32-11-23(24,25)26)10-17(19)22(2,3)4/h7,9-10,13-14,31H,5-6,8,11H2,1-4H3,(H,27,30). The lowest BCUT2D eigenvalue weighted by Crippen LogP contribution is -2.20. The van der Waals surface area contributed by atoms with E-state index in [1.54, 1.807) is 18.2 Å². The average Bonchev–Trinajstić information content (AvgIpc) is 3.34. The van der Waals surface area contributed by atoms with Gasteiger partial charge in [0.1, 0.15) is 11.4 Å². The molecule has 3 aromatic rings. The Labute approximate surface area is 189 Å². The van der Waals surface area contributed by atoms with Crippen LogP contribution in [0.15, 0.2) is 22.6 Å². The molecule has 1 saturated carbocycles. The quantitative estimate of drug-likeness (QED) is 0.539. The SMILES string of the molecule is Cc1cc(-c2nnc(NC3CCC(O)C3)o2)nc2c(C(C)(C)C)cc(OCC(F)(F)F)cc12. The van der Waals surface area contributed by atoms with Gasteiger partial charge in [0.15, 0.2) is 6.61 Å². The fraction of sp³-hybridized carbons (Fsp3) is 0.522. The summed E-state index contributed by atoms with van der Waals surface area (Å²) in [5.41, 5.74) is 2.26. The molecule has 33 heavy (non-hydrogen) atoms. The zero-order chi connectivity index (χ0) is 24.0. The van der Waals surface area contributed by atoms with Crippen molar-refractivity contribution in [2.45, 2.75) is 70.7 Å². The van der Waals surface area contributed by atoms with Gasteiger partial charge in [-0.3, -0.25) is 0 Å². The molecule has 178 valence electrons. The third-order valence-corrected chi connectivity index (χ3v) is 5.68. The molecule has 1 aliphatic rings. The molecule has 1 aliphatic carbocycles. The number of anilines is 1. The Morgan fingerprint density at radius 2 is 1.91 bits per heavy atom. The second kappa shape index (κ2) is 8.48. The fourth-order valence-electron chi connectivity index (χ4n) is 4.04. The first-order valence-corrected chi connectivity index (χ1v) is 10.8. The Balaban J connectivity index is 1.70. The van der Waals surface area contributed by atoms with Crippen LogP contribution >= 0.6 is 0 Å². The van der Waals surface area contributed by atoms with Gasteiger partial charge in [0.2, 0.25) is 0 Å². The molecule has 2 aromatic heterocycles. The number of aromatic nitrogens is 3. The predicted molar refractivity (Wildman–Crippen MR) is 117 cm³/mol. The number of pyridine rings is 1. The Bertz CT molecular complexity index is 1150. The van der Waals surface area contributed by atoms with Gasteiger partial charge in [0.25, 0.3) is 5.89 Å². The first-order chi connectivity index (χ1) is 15.4. The molecule has 0 amide bonds. The van der Waals surface area contributed by atoms with Crippen LogP contribution in [0.5, 0.6) is 5.75 Å². The van der Waals surface area contributed by atoms with Gasteiger partial charge in [0.05, 0.1) is 11.6 Å². The molecule has 2 heterocycles. The van der Waals surface area contributed by atoms with Crippen LogP contribution < -0.4 is 10.1 Å². The number of nitrogens with one attached hydrogen (secondary N) is 1. The van der Waals surface area contributed by atoms with Crippen molar-refractivity contribution in [1.29, 1.82) is 0 Å². The highest BCUT2D eigenvalue weighted by Crippen LogP contribution is 2.36. The van der Waals surface area contributed by atoms with Crippen LogP contribution in [0.2, 0.25) is 0 Å². The molecule has 0 bridgehead atoms. The molecular formula is C23H27F3N4O3. The van der Waals surface area contributed by atoms with E-state index in [9.17, 15) is 18.3 Å². The topological polar surface area (TPSA) is 93.3 Å². The second-order valence-corrected chi connectivity index (χ2v) is 9.57. The van der Waals surface area contributed by atoms with Crippen molar-refractivity contribution in [3.8, 4) is 17.3 Å². The van der Waals surface area contributed by atoms with Crippen molar-refractivity contribution in [2.24, 2.45) is 0 Å². The van der Waals surface area contributed by atoms with E-state index in [0.717, 1.165) is 24.0 Å². The summed E-state index contributed by atoms with van der Waals surface area (Å²) < 4.78 is 48.8. The Kier molecular flexibility index (Phi) is 5.98. The van der Waals surface area contributed by atoms with E-state index in [1.807, 2.05) is 27.7 Å². The van der Waals surface area contributed by atoms with Crippen LogP contribution in [-0.4, -0.2) is 45.2 Å². The molecule has 0 spiro atoms. The molecule has 1 aromatic carbocycles. The van der Waals surface area contributed by atoms with Gasteiger partial charge in [-0.2, -0.15) is 13.2 Å². The maximum Gasteiger partial charge on any atom is 0.422 e. The maximum atomic E-state index is 12.7. The lowest BCUT2D eigenvalue weighted by atomic mass is 9.84. The summed E-state index contributed by atoms with van der Waals surface area (Å²) in [5.74, 6) is 0.378. The smallest absolute Gasteiger partial charge is 0.422 e. The van der Waals surface area contributed by atoms with Gasteiger partial charge in [-0.1, -0.05) is 25.9 Å². The van der Waals surface area contributed by atoms with Crippen LogP contribution in [0, 0.1) is 6.92 Å². The van der Waals surface area contributed by atoms with Gasteiger partial charge in [0, 0.05) is 11.4 Å². The number of hydrogen-bond donors (Lipinski definition) is 2. The van der Waals surface area contributed by atoms with Crippen LogP contribution in [0.4, 0.5) is 19.2 Å². The van der Waals surface area contributed by atoms with Crippen molar-refractivity contribution in [3.63, 3.8) is 0 Å². The zero-order valence-corrected chi connectivity index (χ0v) is 19.0. The van der Waals surface area contributed by atoms with Crippen LogP contribution in [-0.2, 0) is 5.41 Å². The molecule has 2 N–H and O–H groups in total. The third-order valence-electron chi connectivity index (χ3n) is 5.68. The van der Waals surface area contributed by atoms with Crippen molar-refractivity contribution in [1.82, 2.24) is 15.2 Å². The summed E-state index contributed by atoms with van der Waals surface area (Å²) >= 11 is 0. The molecule has 7 nitrogen and oxygen atoms in total. The van der Waals surface area contributed by atoms with Crippen molar-refractivity contribution in [2.75, 3.05) is 11.9 Å². The highest BCUT2D eigenvalue weighted by Gasteiger charge is 2.29. The zero-order valence-electron chi connectivity index (χ0n) is 19.0. The number of fused-ring (bicyclic) bond motifs is 1. The number of halogens is 3. The minimum Gasteiger partial charge on any atom is -0.484 e. The maximum absolute atomic E-state index is 12.7. The number of aliphatic hydroxyl groups excluding tert-OH is 1. The lowest BCUT2D eigenvalue weighted by Gasteiger charge is -2.23. The Morgan fingerprint density at radius 3 is 2.55 bits per heavy atom. The van der Waals surface area contributed by atoms with E-state index >= 15 is 0 Å². The number of hydrogen-bond acceptors (Lipinski definition) is 7. The highest BCUT2D eigenvalue weighted by molar-refractivity contribution is 5.89. The lowest BCUT2D eigenvalue weighted by molar-refractivity contribution is -0.153. The van der Waals surface area contributed by atoms with Crippen LogP contribution in [0.3, 0.4) is 0 Å². The summed E-state index contributed by atoms with van der Waals surface area (Å²) in [4.78, 5) is 4.74. The summed E-state index contributed by atoms with van der Waals surface area (Å²) in [6, 6.07) is 5.28. The summed E-state index contributed by atoms with van der Waals surface area (Å²) in [6.07, 6.45) is -2.57. The molecular weight excluding hydrogens is 437 g/mol. The molecule has 1 fully saturated rings. The molecule has 0 saturated heterocycles. The Morgan fingerprint density at radius 1 is 1.15 bits per heavy atom. The average molecular weight is 464 g/mol. The van der Waals surface area contributed by atoms with Crippen molar-refractivity contribution < 1.29 is 27.4 Å². The Hall–Kier alpha value is -2.88. The highest BCUT2D eigenvalue weighted by atomic mass is 19.4. The number of aryl methyl sites for hydroxylation is 1. The van der Waals surface area contributed by atoms with E-state index in [4.69, 9.17) is 14.1 Å². The van der Waals surface area contributed by atoms with E-state index in [0.29, 0.717) is 23.0 Å². The largest absolute Gasteiger partial charge is 0.484 e. The van der Waals surface area contributed by atoms with Crippen molar-refractivity contribution >= 4 is 16.9 Å². The monoisotopic (exact) mass is 464 g/mol. The van der Waals surface area contributed by atoms with Gasteiger partial charge in [-0.05, 0) is 60.9 Å². The number of aliphatic hydroxyl groups is 1. The molecule has 2 atom stereocenters. The minimum absolute atomic E-state index is 0.0715. The molecule has 10 heteroatoms. The van der Waals surface area contributed by atoms with Gasteiger partial charge in [-0.15, -0.1) is 5.10 Å². The number of benzene rings is 1. The molecule has 4 rings (SSSR count). The first-order valence-electron chi connectivity index (χ1n) is 10.8. The normalized spacial score (nSPS) is 19.3. The van der Waals surface area contributed by atoms with Gasteiger partial charge in [-0.25, -0.2) is 4.98 Å². The number of nitrogens with zero attached hydrogens (tertiary/aromatic N) is 3. The van der Waals surface area contributed by atoms with Crippen LogP contribution in [0.1, 0.15) is 51.2 Å². The number of ether oxygens (including phenoxy) is 1. The van der Waals surface area contributed by atoms with E-state index in [2.05, 4.69) is 15.5 Å². The van der Waals surface area contributed by atoms with Gasteiger partial charge >= 0.3 is 12.2 Å². The predicted octanol–water partition coefficient (Wildman–Crippen LogP) is 5.16. The first kappa shape index (κ1) is 23.3.